The number of fused-ring (bicyclic) bond motifs is 1. The van der Waals surface area contributed by atoms with Crippen molar-refractivity contribution in [2.24, 2.45) is 5.92 Å². The number of terminal acetylenes is 1. The van der Waals surface area contributed by atoms with Crippen molar-refractivity contribution in [3.05, 3.63) is 42.0 Å². The highest BCUT2D eigenvalue weighted by Crippen LogP contribution is 2.28. The average molecular weight is 267 g/mol. The lowest BCUT2D eigenvalue weighted by molar-refractivity contribution is 0.365. The average Bonchev–Trinajstić information content (AvgIpc) is 2.45. The van der Waals surface area contributed by atoms with Crippen LogP contribution >= 0.6 is 0 Å². The van der Waals surface area contributed by atoms with Gasteiger partial charge in [0.05, 0.1) is 0 Å². The van der Waals surface area contributed by atoms with Crippen LogP contribution in [0.4, 0.5) is 0 Å². The molecule has 0 atom stereocenters. The minimum Gasteiger partial charge on any atom is -0.481 e. The van der Waals surface area contributed by atoms with Gasteiger partial charge in [0.25, 0.3) is 0 Å². The van der Waals surface area contributed by atoms with Gasteiger partial charge in [-0.05, 0) is 29.3 Å². The van der Waals surface area contributed by atoms with Crippen molar-refractivity contribution < 1.29 is 4.74 Å². The zero-order valence-electron chi connectivity index (χ0n) is 12.1. The molecule has 0 aromatic heterocycles. The van der Waals surface area contributed by atoms with Crippen molar-refractivity contribution in [2.45, 2.75) is 20.4 Å². The van der Waals surface area contributed by atoms with E-state index in [4.69, 9.17) is 11.2 Å². The first-order valence-corrected chi connectivity index (χ1v) is 7.00. The molecule has 0 heterocycles. The number of nitrogens with one attached hydrogen (secondary N) is 1. The first kappa shape index (κ1) is 14.4. The third kappa shape index (κ3) is 3.53. The van der Waals surface area contributed by atoms with Crippen LogP contribution in [0.2, 0.25) is 0 Å². The monoisotopic (exact) mass is 267 g/mol. The van der Waals surface area contributed by atoms with Gasteiger partial charge < -0.3 is 10.1 Å². The molecule has 1 N–H and O–H groups in total. The summed E-state index contributed by atoms with van der Waals surface area (Å²) in [5, 5.41) is 5.92. The van der Waals surface area contributed by atoms with E-state index in [0.29, 0.717) is 12.5 Å². The van der Waals surface area contributed by atoms with Crippen LogP contribution in [0, 0.1) is 18.3 Å². The van der Waals surface area contributed by atoms with Crippen molar-refractivity contribution in [3.8, 4) is 18.1 Å². The molecule has 0 saturated heterocycles. The fourth-order valence-electron chi connectivity index (χ4n) is 2.24. The summed E-state index contributed by atoms with van der Waals surface area (Å²) >= 11 is 0. The normalized spacial score (nSPS) is 10.7. The third-order valence-corrected chi connectivity index (χ3v) is 3.16. The molecule has 0 saturated carbocycles. The first-order chi connectivity index (χ1) is 9.72. The van der Waals surface area contributed by atoms with Crippen molar-refractivity contribution in [2.75, 3.05) is 13.2 Å². The van der Waals surface area contributed by atoms with Crippen LogP contribution in [-0.4, -0.2) is 13.2 Å². The molecule has 0 fully saturated rings. The Hall–Kier alpha value is -1.98. The lowest BCUT2D eigenvalue weighted by atomic mass is 10.0. The lowest BCUT2D eigenvalue weighted by Crippen LogP contribution is -2.19. The first-order valence-electron chi connectivity index (χ1n) is 7.00. The van der Waals surface area contributed by atoms with Gasteiger partial charge in [-0.25, -0.2) is 0 Å². The molecule has 0 aliphatic rings. The highest BCUT2D eigenvalue weighted by molar-refractivity contribution is 5.87. The maximum absolute atomic E-state index is 5.68. The highest BCUT2D eigenvalue weighted by Gasteiger charge is 2.08. The van der Waals surface area contributed by atoms with Crippen molar-refractivity contribution in [1.82, 2.24) is 5.32 Å². The van der Waals surface area contributed by atoms with Gasteiger partial charge >= 0.3 is 0 Å². The molecule has 0 aliphatic heterocycles. The van der Waals surface area contributed by atoms with E-state index in [1.807, 2.05) is 6.07 Å². The van der Waals surface area contributed by atoms with E-state index in [1.54, 1.807) is 0 Å². The molecule has 0 amide bonds. The summed E-state index contributed by atoms with van der Waals surface area (Å²) in [6, 6.07) is 12.4. The summed E-state index contributed by atoms with van der Waals surface area (Å²) in [7, 11) is 0. The topological polar surface area (TPSA) is 21.3 Å². The number of rotatable bonds is 6. The molecule has 2 aromatic carbocycles. The predicted molar refractivity (Wildman–Crippen MR) is 84.8 cm³/mol. The highest BCUT2D eigenvalue weighted by atomic mass is 16.5. The Morgan fingerprint density at radius 1 is 1.20 bits per heavy atom. The fourth-order valence-corrected chi connectivity index (χ4v) is 2.24. The van der Waals surface area contributed by atoms with Crippen molar-refractivity contribution in [3.63, 3.8) is 0 Å². The molecule has 0 unspecified atom stereocenters. The van der Waals surface area contributed by atoms with E-state index >= 15 is 0 Å². The Morgan fingerprint density at radius 2 is 2.00 bits per heavy atom. The van der Waals surface area contributed by atoms with Gasteiger partial charge in [0.1, 0.15) is 12.4 Å². The van der Waals surface area contributed by atoms with Gasteiger partial charge in [0.2, 0.25) is 0 Å². The quantitative estimate of drug-likeness (QED) is 0.807. The van der Waals surface area contributed by atoms with E-state index in [-0.39, 0.29) is 0 Å². The van der Waals surface area contributed by atoms with Gasteiger partial charge in [-0.3, -0.25) is 0 Å². The van der Waals surface area contributed by atoms with Crippen LogP contribution in [0.15, 0.2) is 36.4 Å². The molecule has 2 rings (SSSR count). The number of benzene rings is 2. The Morgan fingerprint density at radius 3 is 2.75 bits per heavy atom. The predicted octanol–water partition coefficient (Wildman–Crippen LogP) is 3.60. The SMILES string of the molecule is C#CCOc1ccc2ccccc2c1CNCC(C)C. The second-order valence-electron chi connectivity index (χ2n) is 5.28. The second kappa shape index (κ2) is 6.98. The summed E-state index contributed by atoms with van der Waals surface area (Å²) in [5.74, 6) is 4.02. The molecule has 104 valence electrons. The Kier molecular flexibility index (Phi) is 5.03. The molecule has 2 aromatic rings. The Bertz CT molecular complexity index is 610. The maximum Gasteiger partial charge on any atom is 0.148 e. The van der Waals surface area contributed by atoms with Crippen LogP contribution in [0.3, 0.4) is 0 Å². The number of hydrogen-bond acceptors (Lipinski definition) is 2. The van der Waals surface area contributed by atoms with Gasteiger partial charge in [-0.2, -0.15) is 0 Å². The molecule has 0 spiro atoms. The molecule has 20 heavy (non-hydrogen) atoms. The van der Waals surface area contributed by atoms with Gasteiger partial charge in [-0.15, -0.1) is 6.42 Å². The smallest absolute Gasteiger partial charge is 0.148 e. The minimum absolute atomic E-state index is 0.301. The van der Waals surface area contributed by atoms with Gasteiger partial charge in [-0.1, -0.05) is 50.1 Å². The van der Waals surface area contributed by atoms with E-state index in [1.165, 1.54) is 16.3 Å². The fraction of sp³-hybridized carbons (Fsp3) is 0.333. The summed E-state index contributed by atoms with van der Waals surface area (Å²) in [5.41, 5.74) is 1.18. The van der Waals surface area contributed by atoms with Crippen molar-refractivity contribution in [1.29, 1.82) is 0 Å². The molecule has 0 aliphatic carbocycles. The molecule has 0 bridgehead atoms. The van der Waals surface area contributed by atoms with E-state index in [2.05, 4.69) is 55.4 Å². The van der Waals surface area contributed by atoms with Gasteiger partial charge in [0.15, 0.2) is 0 Å². The molecule has 2 heteroatoms. The van der Waals surface area contributed by atoms with E-state index in [9.17, 15) is 0 Å². The van der Waals surface area contributed by atoms with Crippen LogP contribution in [0.5, 0.6) is 5.75 Å². The zero-order valence-corrected chi connectivity index (χ0v) is 12.1. The molecular weight excluding hydrogens is 246 g/mol. The second-order valence-corrected chi connectivity index (χ2v) is 5.28. The largest absolute Gasteiger partial charge is 0.481 e. The summed E-state index contributed by atoms with van der Waals surface area (Å²) < 4.78 is 5.68. The summed E-state index contributed by atoms with van der Waals surface area (Å²) in [4.78, 5) is 0. The zero-order chi connectivity index (χ0) is 14.4. The van der Waals surface area contributed by atoms with Crippen LogP contribution in [-0.2, 0) is 6.54 Å². The van der Waals surface area contributed by atoms with Crippen LogP contribution in [0.25, 0.3) is 10.8 Å². The van der Waals surface area contributed by atoms with Crippen LogP contribution < -0.4 is 10.1 Å². The number of hydrogen-bond donors (Lipinski definition) is 1. The standard InChI is InChI=1S/C18H21NO/c1-4-11-20-18-10-9-15-7-5-6-8-16(15)17(18)13-19-12-14(2)3/h1,5-10,14,19H,11-13H2,2-3H3. The third-order valence-electron chi connectivity index (χ3n) is 3.16. The number of ether oxygens (including phenoxy) is 1. The Labute approximate surface area is 121 Å². The van der Waals surface area contributed by atoms with E-state index < -0.39 is 0 Å². The molecule has 2 nitrogen and oxygen atoms in total. The lowest BCUT2D eigenvalue weighted by Gasteiger charge is -2.14. The summed E-state index contributed by atoms with van der Waals surface area (Å²) in [6.45, 7) is 6.48. The molecule has 0 radical (unpaired) electrons. The maximum atomic E-state index is 5.68. The summed E-state index contributed by atoms with van der Waals surface area (Å²) in [6.07, 6.45) is 5.29. The van der Waals surface area contributed by atoms with Crippen molar-refractivity contribution >= 4 is 10.8 Å². The van der Waals surface area contributed by atoms with Gasteiger partial charge in [0, 0.05) is 12.1 Å². The van der Waals surface area contributed by atoms with Crippen LogP contribution in [0.1, 0.15) is 19.4 Å². The Balaban J connectivity index is 2.31. The molecular formula is C18H21NO. The van der Waals surface area contributed by atoms with E-state index in [0.717, 1.165) is 18.8 Å². The minimum atomic E-state index is 0.301.